The number of rotatable bonds is 7. The second kappa shape index (κ2) is 9.16. The maximum atomic E-state index is 11.7. The number of carbonyl (C=O) groups excluding carboxylic acids is 1. The second-order valence-corrected chi connectivity index (χ2v) is 6.87. The summed E-state index contributed by atoms with van der Waals surface area (Å²) in [7, 11) is 0. The van der Waals surface area contributed by atoms with Gasteiger partial charge in [-0.1, -0.05) is 37.6 Å². The maximum absolute atomic E-state index is 11.7. The molecule has 0 bridgehead atoms. The van der Waals surface area contributed by atoms with Crippen LogP contribution in [0.4, 0.5) is 0 Å². The normalized spacial score (nSPS) is 10.6. The zero-order valence-corrected chi connectivity index (χ0v) is 16.6. The molecule has 2 aromatic carbocycles. The third kappa shape index (κ3) is 4.93. The third-order valence-electron chi connectivity index (χ3n) is 3.92. The number of hydrogen-bond donors (Lipinski definition) is 0. The number of esters is 1. The molecule has 0 fully saturated rings. The van der Waals surface area contributed by atoms with Crippen LogP contribution in [0.5, 0.6) is 11.5 Å². The van der Waals surface area contributed by atoms with Crippen LogP contribution in [0.2, 0.25) is 5.02 Å². The summed E-state index contributed by atoms with van der Waals surface area (Å²) in [4.78, 5) is 12.7. The van der Waals surface area contributed by atoms with Crippen molar-refractivity contribution in [3.05, 3.63) is 52.0 Å². The lowest BCUT2D eigenvalue weighted by molar-refractivity contribution is -0.134. The van der Waals surface area contributed by atoms with E-state index in [9.17, 15) is 4.79 Å². The summed E-state index contributed by atoms with van der Waals surface area (Å²) in [6, 6.07) is 9.58. The standard InChI is InChI=1S/C20H23ClO3S/c1-5-14-10-13(3)18(11-16(14)21)23-12-15-17(24-20(22)6-2)8-7-9-19(15)25-4/h7-11H,5-6,12H2,1-4H3. The van der Waals surface area contributed by atoms with Gasteiger partial charge in [0.15, 0.2) is 0 Å². The summed E-state index contributed by atoms with van der Waals surface area (Å²) in [6.45, 7) is 6.16. The minimum atomic E-state index is -0.258. The lowest BCUT2D eigenvalue weighted by atomic mass is 10.1. The molecule has 0 saturated heterocycles. The van der Waals surface area contributed by atoms with Gasteiger partial charge in [-0.3, -0.25) is 4.79 Å². The van der Waals surface area contributed by atoms with E-state index in [0.29, 0.717) is 23.8 Å². The highest BCUT2D eigenvalue weighted by Crippen LogP contribution is 2.32. The molecule has 0 heterocycles. The Hall–Kier alpha value is -1.65. The Balaban J connectivity index is 2.28. The molecular weight excluding hydrogens is 356 g/mol. The average Bonchev–Trinajstić information content (AvgIpc) is 2.62. The first-order valence-corrected chi connectivity index (χ1v) is 9.88. The van der Waals surface area contributed by atoms with Gasteiger partial charge in [0.25, 0.3) is 0 Å². The fraction of sp³-hybridized carbons (Fsp3) is 0.350. The molecule has 0 N–H and O–H groups in total. The topological polar surface area (TPSA) is 35.5 Å². The molecule has 0 aliphatic carbocycles. The van der Waals surface area contributed by atoms with Crippen molar-refractivity contribution in [2.24, 2.45) is 0 Å². The van der Waals surface area contributed by atoms with Gasteiger partial charge in [0.2, 0.25) is 0 Å². The van der Waals surface area contributed by atoms with E-state index in [2.05, 4.69) is 13.0 Å². The van der Waals surface area contributed by atoms with Gasteiger partial charge in [0.05, 0.1) is 0 Å². The average molecular weight is 379 g/mol. The molecule has 0 aliphatic rings. The van der Waals surface area contributed by atoms with Crippen LogP contribution in [-0.4, -0.2) is 12.2 Å². The largest absolute Gasteiger partial charge is 0.488 e. The van der Waals surface area contributed by atoms with E-state index in [0.717, 1.165) is 33.8 Å². The lowest BCUT2D eigenvalue weighted by Crippen LogP contribution is -2.09. The van der Waals surface area contributed by atoms with E-state index < -0.39 is 0 Å². The van der Waals surface area contributed by atoms with Crippen LogP contribution in [-0.2, 0) is 17.8 Å². The molecule has 0 aliphatic heterocycles. The molecule has 5 heteroatoms. The van der Waals surface area contributed by atoms with E-state index in [-0.39, 0.29) is 5.97 Å². The van der Waals surface area contributed by atoms with E-state index in [4.69, 9.17) is 21.1 Å². The molecule has 0 aromatic heterocycles. The van der Waals surface area contributed by atoms with Gasteiger partial charge in [0, 0.05) is 21.9 Å². The van der Waals surface area contributed by atoms with Gasteiger partial charge in [0.1, 0.15) is 18.1 Å². The van der Waals surface area contributed by atoms with Crippen molar-refractivity contribution in [3.8, 4) is 11.5 Å². The van der Waals surface area contributed by atoms with Gasteiger partial charge in [-0.15, -0.1) is 11.8 Å². The summed E-state index contributed by atoms with van der Waals surface area (Å²) in [5.74, 6) is 1.03. The molecule has 2 aromatic rings. The van der Waals surface area contributed by atoms with Crippen LogP contribution >= 0.6 is 23.4 Å². The predicted molar refractivity (Wildman–Crippen MR) is 104 cm³/mol. The van der Waals surface area contributed by atoms with E-state index >= 15 is 0 Å². The van der Waals surface area contributed by atoms with Gasteiger partial charge in [-0.25, -0.2) is 0 Å². The van der Waals surface area contributed by atoms with Gasteiger partial charge in [-0.05, 0) is 48.9 Å². The Morgan fingerprint density at radius 3 is 2.60 bits per heavy atom. The van der Waals surface area contributed by atoms with E-state index in [1.807, 2.05) is 31.4 Å². The monoisotopic (exact) mass is 378 g/mol. The van der Waals surface area contributed by atoms with Crippen molar-refractivity contribution >= 4 is 29.3 Å². The maximum Gasteiger partial charge on any atom is 0.310 e. The fourth-order valence-electron chi connectivity index (χ4n) is 2.47. The summed E-state index contributed by atoms with van der Waals surface area (Å²) in [6.07, 6.45) is 3.20. The lowest BCUT2D eigenvalue weighted by Gasteiger charge is -2.16. The third-order valence-corrected chi connectivity index (χ3v) is 5.09. The molecular formula is C20H23ClO3S. The molecule has 0 unspecified atom stereocenters. The Morgan fingerprint density at radius 1 is 1.20 bits per heavy atom. The number of carbonyl (C=O) groups is 1. The zero-order chi connectivity index (χ0) is 18.4. The summed E-state index contributed by atoms with van der Waals surface area (Å²) < 4.78 is 11.5. The minimum Gasteiger partial charge on any atom is -0.488 e. The first kappa shape index (κ1) is 19.7. The first-order valence-electron chi connectivity index (χ1n) is 8.28. The Labute approximate surface area is 158 Å². The predicted octanol–water partition coefficient (Wildman–Crippen LogP) is 5.83. The molecule has 0 spiro atoms. The van der Waals surface area contributed by atoms with Crippen LogP contribution in [0, 0.1) is 6.92 Å². The fourth-order valence-corrected chi connectivity index (χ4v) is 3.38. The number of thioether (sulfide) groups is 1. The van der Waals surface area contributed by atoms with Crippen molar-refractivity contribution in [2.45, 2.75) is 45.1 Å². The second-order valence-electron chi connectivity index (χ2n) is 5.62. The van der Waals surface area contributed by atoms with Crippen molar-refractivity contribution in [1.82, 2.24) is 0 Å². The summed E-state index contributed by atoms with van der Waals surface area (Å²) >= 11 is 7.90. The highest BCUT2D eigenvalue weighted by molar-refractivity contribution is 7.98. The number of benzene rings is 2. The van der Waals surface area contributed by atoms with Crippen LogP contribution in [0.1, 0.15) is 37.0 Å². The number of halogens is 1. The summed E-state index contributed by atoms with van der Waals surface area (Å²) in [5.41, 5.74) is 3.01. The smallest absolute Gasteiger partial charge is 0.310 e. The van der Waals surface area contributed by atoms with Crippen LogP contribution in [0.15, 0.2) is 35.2 Å². The quantitative estimate of drug-likeness (QED) is 0.345. The van der Waals surface area contributed by atoms with Gasteiger partial charge in [-0.2, -0.15) is 0 Å². The molecule has 25 heavy (non-hydrogen) atoms. The first-order chi connectivity index (χ1) is 12.0. The molecule has 0 radical (unpaired) electrons. The van der Waals surface area contributed by atoms with Crippen molar-refractivity contribution in [3.63, 3.8) is 0 Å². The Bertz CT molecular complexity index is 759. The van der Waals surface area contributed by atoms with Crippen LogP contribution in [0.3, 0.4) is 0 Å². The molecule has 0 atom stereocenters. The Morgan fingerprint density at radius 2 is 1.96 bits per heavy atom. The molecule has 3 nitrogen and oxygen atoms in total. The van der Waals surface area contributed by atoms with Crippen LogP contribution in [0.25, 0.3) is 0 Å². The number of hydrogen-bond acceptors (Lipinski definition) is 4. The molecule has 2 rings (SSSR count). The zero-order valence-electron chi connectivity index (χ0n) is 15.0. The van der Waals surface area contributed by atoms with Gasteiger partial charge < -0.3 is 9.47 Å². The van der Waals surface area contributed by atoms with Gasteiger partial charge >= 0.3 is 5.97 Å². The summed E-state index contributed by atoms with van der Waals surface area (Å²) in [5, 5.41) is 0.707. The highest BCUT2D eigenvalue weighted by atomic mass is 35.5. The van der Waals surface area contributed by atoms with Crippen molar-refractivity contribution in [2.75, 3.05) is 6.26 Å². The number of aryl methyl sites for hydroxylation is 2. The minimum absolute atomic E-state index is 0.258. The molecule has 0 saturated carbocycles. The molecule has 134 valence electrons. The number of ether oxygens (including phenoxy) is 2. The van der Waals surface area contributed by atoms with Crippen molar-refractivity contribution < 1.29 is 14.3 Å². The highest BCUT2D eigenvalue weighted by Gasteiger charge is 2.14. The van der Waals surface area contributed by atoms with E-state index in [1.54, 1.807) is 24.8 Å². The Kier molecular flexibility index (Phi) is 7.21. The van der Waals surface area contributed by atoms with Crippen LogP contribution < -0.4 is 9.47 Å². The molecule has 0 amide bonds. The van der Waals surface area contributed by atoms with E-state index in [1.165, 1.54) is 0 Å². The van der Waals surface area contributed by atoms with Crippen molar-refractivity contribution in [1.29, 1.82) is 0 Å². The SMILES string of the molecule is CCC(=O)Oc1cccc(SC)c1COc1cc(Cl)c(CC)cc1C.